The van der Waals surface area contributed by atoms with Crippen molar-refractivity contribution in [2.45, 2.75) is 58.5 Å². The number of carbonyl (C=O) groups is 1. The highest BCUT2D eigenvalue weighted by Crippen LogP contribution is 2.42. The number of methoxy groups -OCH3 is 2. The molecule has 0 spiro atoms. The van der Waals surface area contributed by atoms with E-state index in [9.17, 15) is 9.90 Å². The highest BCUT2D eigenvalue weighted by molar-refractivity contribution is 5.73. The van der Waals surface area contributed by atoms with Crippen LogP contribution in [0.5, 0.6) is 11.5 Å². The maximum absolute atomic E-state index is 11.8. The Morgan fingerprint density at radius 2 is 1.58 bits per heavy atom. The first-order chi connectivity index (χ1) is 20.9. The van der Waals surface area contributed by atoms with Crippen molar-refractivity contribution in [3.63, 3.8) is 0 Å². The molecule has 230 valence electrons. The van der Waals surface area contributed by atoms with Gasteiger partial charge >= 0.3 is 6.03 Å². The van der Waals surface area contributed by atoms with E-state index in [1.165, 1.54) is 11.1 Å². The number of carbonyl (C=O) groups excluding carboxylic acids is 1. The summed E-state index contributed by atoms with van der Waals surface area (Å²) in [6.07, 6.45) is 0.115. The molecule has 1 saturated heterocycles. The molecule has 0 aliphatic carbocycles. The number of hydrogen-bond acceptors (Lipinski definition) is 7. The number of ether oxygens (including phenoxy) is 4. The fraction of sp³-hybridized carbons (Fsp3) is 0.441. The second-order valence-electron chi connectivity index (χ2n) is 11.2. The molecule has 0 bridgehead atoms. The molecule has 3 N–H and O–H groups in total. The smallest absolute Gasteiger partial charge is 0.315 e. The SMILES string of the molecule is CCNC(=O)NCc1ccc([C@@H]2O[C@H](CN3CCc4cc(OC)c(OC)cc4C3)[C@H](C)[C@H](c3ccc(CO)cc3)O2)cc1. The van der Waals surface area contributed by atoms with Crippen LogP contribution < -0.4 is 20.1 Å². The molecule has 2 amide bonds. The number of fused-ring (bicyclic) bond motifs is 1. The number of urea groups is 1. The van der Waals surface area contributed by atoms with Crippen LogP contribution in [0.15, 0.2) is 60.7 Å². The van der Waals surface area contributed by atoms with Crippen molar-refractivity contribution in [1.82, 2.24) is 15.5 Å². The standard InChI is InChI=1S/C34H43N3O6/c1-5-35-34(39)36-18-23-6-12-26(13-7-23)33-42-31(22(2)32(43-33)25-10-8-24(21-38)9-11-25)20-37-15-14-27-16-29(40-3)30(41-4)17-28(27)19-37/h6-13,16-17,22,31-33,38H,5,14-15,18-21H2,1-4H3,(H2,35,36,39)/t22-,31+,32+,33+/m0/s1. The van der Waals surface area contributed by atoms with Gasteiger partial charge in [-0.3, -0.25) is 4.90 Å². The van der Waals surface area contributed by atoms with Crippen molar-refractivity contribution >= 4 is 6.03 Å². The first-order valence-corrected chi connectivity index (χ1v) is 15.0. The van der Waals surface area contributed by atoms with E-state index in [2.05, 4.69) is 34.6 Å². The van der Waals surface area contributed by atoms with E-state index >= 15 is 0 Å². The zero-order valence-electron chi connectivity index (χ0n) is 25.5. The second kappa shape index (κ2) is 14.2. The molecular weight excluding hydrogens is 546 g/mol. The molecule has 0 unspecified atom stereocenters. The molecule has 2 aliphatic rings. The molecular formula is C34H43N3O6. The van der Waals surface area contributed by atoms with Crippen molar-refractivity contribution in [1.29, 1.82) is 0 Å². The van der Waals surface area contributed by atoms with E-state index in [-0.39, 0.29) is 30.8 Å². The summed E-state index contributed by atoms with van der Waals surface area (Å²) in [5.74, 6) is 1.60. The number of aliphatic hydroxyl groups excluding tert-OH is 1. The number of nitrogens with one attached hydrogen (secondary N) is 2. The predicted molar refractivity (Wildman–Crippen MR) is 164 cm³/mol. The number of amides is 2. The van der Waals surface area contributed by atoms with Gasteiger partial charge in [-0.2, -0.15) is 0 Å². The number of benzene rings is 3. The maximum Gasteiger partial charge on any atom is 0.315 e. The Labute approximate surface area is 254 Å². The van der Waals surface area contributed by atoms with E-state index in [0.29, 0.717) is 13.1 Å². The van der Waals surface area contributed by atoms with Crippen molar-refractivity contribution in [3.8, 4) is 11.5 Å². The van der Waals surface area contributed by atoms with Crippen LogP contribution >= 0.6 is 0 Å². The van der Waals surface area contributed by atoms with Crippen LogP contribution in [0.4, 0.5) is 4.79 Å². The minimum atomic E-state index is -0.546. The van der Waals surface area contributed by atoms with Gasteiger partial charge < -0.3 is 34.7 Å². The molecule has 0 saturated carbocycles. The van der Waals surface area contributed by atoms with Gasteiger partial charge in [-0.25, -0.2) is 4.79 Å². The minimum absolute atomic E-state index is 0.00409. The lowest BCUT2D eigenvalue weighted by Gasteiger charge is -2.43. The largest absolute Gasteiger partial charge is 0.493 e. The van der Waals surface area contributed by atoms with Crippen LogP contribution in [-0.2, 0) is 35.6 Å². The quantitative estimate of drug-likeness (QED) is 0.310. The third kappa shape index (κ3) is 7.30. The molecule has 3 aromatic carbocycles. The Morgan fingerprint density at radius 3 is 2.23 bits per heavy atom. The lowest BCUT2D eigenvalue weighted by atomic mass is 9.89. The first kappa shape index (κ1) is 30.8. The van der Waals surface area contributed by atoms with Gasteiger partial charge in [-0.15, -0.1) is 0 Å². The summed E-state index contributed by atoms with van der Waals surface area (Å²) in [5, 5.41) is 15.2. The van der Waals surface area contributed by atoms with Crippen LogP contribution in [0.2, 0.25) is 0 Å². The third-order valence-corrected chi connectivity index (χ3v) is 8.40. The van der Waals surface area contributed by atoms with Crippen LogP contribution in [0, 0.1) is 5.92 Å². The summed E-state index contributed by atoms with van der Waals surface area (Å²) >= 11 is 0. The van der Waals surface area contributed by atoms with Crippen LogP contribution in [0.3, 0.4) is 0 Å². The zero-order chi connectivity index (χ0) is 30.3. The third-order valence-electron chi connectivity index (χ3n) is 8.40. The Kier molecular flexibility index (Phi) is 10.2. The zero-order valence-corrected chi connectivity index (χ0v) is 25.5. The van der Waals surface area contributed by atoms with Gasteiger partial charge in [0, 0.05) is 44.2 Å². The highest BCUT2D eigenvalue weighted by Gasteiger charge is 2.39. The normalized spacial score (nSPS) is 22.0. The van der Waals surface area contributed by atoms with Crippen molar-refractivity contribution in [2.75, 3.05) is 33.9 Å². The monoisotopic (exact) mass is 589 g/mol. The van der Waals surface area contributed by atoms with E-state index in [0.717, 1.165) is 59.8 Å². The summed E-state index contributed by atoms with van der Waals surface area (Å²) in [6, 6.07) is 20.0. The fourth-order valence-electron chi connectivity index (χ4n) is 5.88. The van der Waals surface area contributed by atoms with Crippen molar-refractivity contribution in [3.05, 3.63) is 94.0 Å². The summed E-state index contributed by atoms with van der Waals surface area (Å²) in [5.41, 5.74) is 6.38. The first-order valence-electron chi connectivity index (χ1n) is 15.0. The van der Waals surface area contributed by atoms with Crippen LogP contribution in [0.1, 0.15) is 59.6 Å². The molecule has 3 aromatic rings. The van der Waals surface area contributed by atoms with E-state index in [1.807, 2.05) is 55.5 Å². The molecule has 9 nitrogen and oxygen atoms in total. The van der Waals surface area contributed by atoms with Gasteiger partial charge in [0.1, 0.15) is 0 Å². The molecule has 2 aliphatic heterocycles. The Hall–Kier alpha value is -3.63. The highest BCUT2D eigenvalue weighted by atomic mass is 16.7. The van der Waals surface area contributed by atoms with Gasteiger partial charge in [0.15, 0.2) is 17.8 Å². The van der Waals surface area contributed by atoms with Gasteiger partial charge in [-0.1, -0.05) is 55.5 Å². The Bertz CT molecular complexity index is 1360. The topological polar surface area (TPSA) is 102 Å². The molecule has 4 atom stereocenters. The molecule has 43 heavy (non-hydrogen) atoms. The maximum atomic E-state index is 11.8. The van der Waals surface area contributed by atoms with Crippen LogP contribution in [0.25, 0.3) is 0 Å². The number of hydrogen-bond donors (Lipinski definition) is 3. The fourth-order valence-corrected chi connectivity index (χ4v) is 5.88. The number of aliphatic hydroxyl groups is 1. The van der Waals surface area contributed by atoms with Crippen molar-refractivity contribution in [2.24, 2.45) is 5.92 Å². The van der Waals surface area contributed by atoms with E-state index in [4.69, 9.17) is 18.9 Å². The molecule has 2 heterocycles. The minimum Gasteiger partial charge on any atom is -0.493 e. The molecule has 1 fully saturated rings. The molecule has 5 rings (SSSR count). The second-order valence-corrected chi connectivity index (χ2v) is 11.2. The van der Waals surface area contributed by atoms with Gasteiger partial charge in [0.25, 0.3) is 0 Å². The average Bonchev–Trinajstić information content (AvgIpc) is 3.04. The molecule has 0 radical (unpaired) electrons. The lowest BCUT2D eigenvalue weighted by molar-refractivity contribution is -0.276. The number of rotatable bonds is 10. The Balaban J connectivity index is 1.34. The van der Waals surface area contributed by atoms with E-state index in [1.54, 1.807) is 14.2 Å². The summed E-state index contributed by atoms with van der Waals surface area (Å²) in [7, 11) is 3.34. The number of nitrogens with zero attached hydrogens (tertiary/aromatic N) is 1. The summed E-state index contributed by atoms with van der Waals surface area (Å²) in [6.45, 7) is 7.58. The van der Waals surface area contributed by atoms with Gasteiger partial charge in [0.05, 0.1) is 33.0 Å². The van der Waals surface area contributed by atoms with Crippen molar-refractivity contribution < 1.29 is 28.8 Å². The predicted octanol–water partition coefficient (Wildman–Crippen LogP) is 4.86. The lowest BCUT2D eigenvalue weighted by Crippen LogP contribution is -2.45. The van der Waals surface area contributed by atoms with Crippen LogP contribution in [-0.4, -0.2) is 56.0 Å². The van der Waals surface area contributed by atoms with Gasteiger partial charge in [-0.05, 0) is 53.3 Å². The summed E-state index contributed by atoms with van der Waals surface area (Å²) in [4.78, 5) is 14.3. The molecule has 0 aromatic heterocycles. The van der Waals surface area contributed by atoms with E-state index < -0.39 is 6.29 Å². The summed E-state index contributed by atoms with van der Waals surface area (Å²) < 4.78 is 24.4. The molecule has 9 heteroatoms. The average molecular weight is 590 g/mol. The van der Waals surface area contributed by atoms with Gasteiger partial charge in [0.2, 0.25) is 0 Å². The Morgan fingerprint density at radius 1 is 0.930 bits per heavy atom.